The van der Waals surface area contributed by atoms with E-state index in [2.05, 4.69) is 27.7 Å². The van der Waals surface area contributed by atoms with Gasteiger partial charge in [0.2, 0.25) is 0 Å². The molecule has 0 amide bonds. The summed E-state index contributed by atoms with van der Waals surface area (Å²) in [5.74, 6) is -3.02. The summed E-state index contributed by atoms with van der Waals surface area (Å²) in [7, 11) is 0. The highest BCUT2D eigenvalue weighted by Gasteiger charge is 2.33. The molecule has 0 aliphatic rings. The van der Waals surface area contributed by atoms with Crippen molar-refractivity contribution in [2.45, 2.75) is 490 Å². The number of rotatable bonds is 80. The first-order chi connectivity index (χ1) is 48.4. The number of esters is 4. The maximum atomic E-state index is 14.5. The largest absolute Gasteiger partial charge is 0.462 e. The zero-order valence-electron chi connectivity index (χ0n) is 66.2. The van der Waals surface area contributed by atoms with Crippen LogP contribution in [0, 0.1) is 0 Å². The lowest BCUT2D eigenvalue weighted by molar-refractivity contribution is 0.0415. The molecule has 574 valence electrons. The molecular weight excluding hydrogens is 1210 g/mol. The van der Waals surface area contributed by atoms with E-state index >= 15 is 0 Å². The lowest BCUT2D eigenvalue weighted by Gasteiger charge is -2.17. The predicted molar refractivity (Wildman–Crippen MR) is 423 cm³/mol. The van der Waals surface area contributed by atoms with Gasteiger partial charge in [-0.05, 0) is 37.8 Å². The minimum atomic E-state index is -0.810. The van der Waals surface area contributed by atoms with Crippen LogP contribution in [0.1, 0.15) is 531 Å². The van der Waals surface area contributed by atoms with Crippen LogP contribution in [-0.2, 0) is 18.9 Å². The Morgan fingerprint density at radius 2 is 0.286 bits per heavy atom. The summed E-state index contributed by atoms with van der Waals surface area (Å²) in [4.78, 5) is 57.3. The molecule has 0 saturated carbocycles. The van der Waals surface area contributed by atoms with Crippen molar-refractivity contribution in [2.75, 3.05) is 26.4 Å². The van der Waals surface area contributed by atoms with E-state index in [1.165, 1.54) is 385 Å². The first kappa shape index (κ1) is 93.1. The van der Waals surface area contributed by atoms with E-state index in [1.54, 1.807) is 0 Å². The Kier molecular flexibility index (Phi) is 72.9. The maximum Gasteiger partial charge on any atom is 0.339 e. The molecule has 1 aromatic carbocycles. The van der Waals surface area contributed by atoms with Crippen LogP contribution < -0.4 is 0 Å². The minimum Gasteiger partial charge on any atom is -0.462 e. The molecule has 0 unspecified atom stereocenters. The van der Waals surface area contributed by atoms with Crippen LogP contribution >= 0.6 is 0 Å². The average Bonchev–Trinajstić information content (AvgIpc) is 0.779. The molecule has 0 saturated heterocycles. The van der Waals surface area contributed by atoms with Gasteiger partial charge in [0.15, 0.2) is 0 Å². The number of carbonyl (C=O) groups excluding carboxylic acids is 4. The van der Waals surface area contributed by atoms with E-state index in [-0.39, 0.29) is 48.7 Å². The monoisotopic (exact) mass is 1380 g/mol. The number of hydrogen-bond acceptors (Lipinski definition) is 8. The summed E-state index contributed by atoms with van der Waals surface area (Å²) in [5.41, 5.74) is -0.646. The van der Waals surface area contributed by atoms with E-state index in [9.17, 15) is 19.2 Å². The van der Waals surface area contributed by atoms with Gasteiger partial charge in [-0.2, -0.15) is 0 Å². The fourth-order valence-corrected chi connectivity index (χ4v) is 14.3. The second-order valence-electron chi connectivity index (χ2n) is 30.5. The third kappa shape index (κ3) is 60.7. The number of carbonyl (C=O) groups is 4. The first-order valence-electron chi connectivity index (χ1n) is 44.3. The predicted octanol–water partition coefficient (Wildman–Crippen LogP) is 30.5. The van der Waals surface area contributed by atoms with Crippen molar-refractivity contribution in [3.63, 3.8) is 0 Å². The number of hydrogen-bond donors (Lipinski definition) is 0. The molecule has 0 aromatic heterocycles. The molecular formula is C90H166O8. The van der Waals surface area contributed by atoms with E-state index in [1.807, 2.05) is 0 Å². The third-order valence-corrected chi connectivity index (χ3v) is 21.0. The van der Waals surface area contributed by atoms with Crippen molar-refractivity contribution in [3.05, 3.63) is 34.4 Å². The molecule has 1 aromatic rings. The zero-order chi connectivity index (χ0) is 70.6. The summed E-state index contributed by atoms with van der Waals surface area (Å²) >= 11 is 0. The summed E-state index contributed by atoms with van der Waals surface area (Å²) in [6, 6.07) is 2.90. The van der Waals surface area contributed by atoms with Gasteiger partial charge in [-0.1, -0.05) is 464 Å². The summed E-state index contributed by atoms with van der Waals surface area (Å²) in [5, 5.41) is 0. The quantitative estimate of drug-likeness (QED) is 0.0361. The van der Waals surface area contributed by atoms with Crippen molar-refractivity contribution in [2.24, 2.45) is 0 Å². The number of unbranched alkanes of at least 4 members (excludes halogenated alkanes) is 68. The van der Waals surface area contributed by atoms with Crippen molar-refractivity contribution >= 4 is 23.9 Å². The highest BCUT2D eigenvalue weighted by molar-refractivity contribution is 6.15. The van der Waals surface area contributed by atoms with Crippen LogP contribution in [0.15, 0.2) is 12.1 Å². The molecule has 1 rings (SSSR count). The van der Waals surface area contributed by atoms with Gasteiger partial charge in [-0.3, -0.25) is 0 Å². The molecule has 8 nitrogen and oxygen atoms in total. The molecule has 0 heterocycles. The fraction of sp³-hybridized carbons (Fsp3) is 0.889. The fourth-order valence-electron chi connectivity index (χ4n) is 14.3. The van der Waals surface area contributed by atoms with Crippen LogP contribution in [0.2, 0.25) is 0 Å². The number of benzene rings is 1. The van der Waals surface area contributed by atoms with Crippen molar-refractivity contribution in [1.29, 1.82) is 0 Å². The van der Waals surface area contributed by atoms with Gasteiger partial charge in [-0.15, -0.1) is 0 Å². The molecule has 8 heteroatoms. The van der Waals surface area contributed by atoms with E-state index in [4.69, 9.17) is 18.9 Å². The first-order valence-corrected chi connectivity index (χ1v) is 44.3. The van der Waals surface area contributed by atoms with Gasteiger partial charge in [0.1, 0.15) is 0 Å². The van der Waals surface area contributed by atoms with Crippen molar-refractivity contribution in [1.82, 2.24) is 0 Å². The van der Waals surface area contributed by atoms with Gasteiger partial charge >= 0.3 is 23.9 Å². The van der Waals surface area contributed by atoms with Crippen LogP contribution in [-0.4, -0.2) is 50.3 Å². The highest BCUT2D eigenvalue weighted by atomic mass is 16.5. The molecule has 0 aliphatic heterocycles. The topological polar surface area (TPSA) is 105 Å². The van der Waals surface area contributed by atoms with E-state index in [0.717, 1.165) is 64.2 Å². The summed E-state index contributed by atoms with van der Waals surface area (Å²) in [6.45, 7) is 9.84. The zero-order valence-corrected chi connectivity index (χ0v) is 66.2. The summed E-state index contributed by atoms with van der Waals surface area (Å²) < 4.78 is 23.7. The third-order valence-electron chi connectivity index (χ3n) is 21.0. The van der Waals surface area contributed by atoms with Crippen LogP contribution in [0.25, 0.3) is 0 Å². The molecule has 0 bridgehead atoms. The standard InChI is InChI=1S/C90H166O8/c1-5-9-13-17-21-25-29-33-37-41-45-49-53-57-61-65-69-73-79-95-87(91)83-77-78-84(88(92)96-80-74-70-66-62-58-54-50-46-42-38-34-30-26-22-18-14-10-6-2)86(90(94)98-82-76-72-68-64-60-56-52-48-44-40-36-32-28-24-20-16-12-8-4)85(83)89(93)97-81-75-71-67-63-59-55-51-47-43-39-35-31-27-23-19-15-11-7-3/h77-78H,5-76,79-82H2,1-4H3. The molecule has 0 atom stereocenters. The van der Waals surface area contributed by atoms with E-state index < -0.39 is 23.9 Å². The van der Waals surface area contributed by atoms with Crippen molar-refractivity contribution in [3.8, 4) is 0 Å². The molecule has 0 fully saturated rings. The molecule has 0 spiro atoms. The Morgan fingerprint density at radius 1 is 0.173 bits per heavy atom. The van der Waals surface area contributed by atoms with Crippen LogP contribution in [0.5, 0.6) is 0 Å². The smallest absolute Gasteiger partial charge is 0.339 e. The summed E-state index contributed by atoms with van der Waals surface area (Å²) in [6.07, 6.45) is 91.2. The Bertz CT molecular complexity index is 1730. The average molecular weight is 1380 g/mol. The Hall–Kier alpha value is -2.90. The minimum absolute atomic E-state index is 0.0737. The van der Waals surface area contributed by atoms with Crippen LogP contribution in [0.3, 0.4) is 0 Å². The van der Waals surface area contributed by atoms with Gasteiger partial charge in [0.05, 0.1) is 48.7 Å². The Morgan fingerprint density at radius 3 is 0.418 bits per heavy atom. The highest BCUT2D eigenvalue weighted by Crippen LogP contribution is 2.27. The Labute approximate surface area is 609 Å². The van der Waals surface area contributed by atoms with Gasteiger partial charge < -0.3 is 18.9 Å². The molecule has 0 N–H and O–H groups in total. The van der Waals surface area contributed by atoms with Crippen LogP contribution in [0.4, 0.5) is 0 Å². The van der Waals surface area contributed by atoms with Gasteiger partial charge in [0, 0.05) is 0 Å². The maximum absolute atomic E-state index is 14.5. The molecule has 0 radical (unpaired) electrons. The Balaban J connectivity index is 2.94. The second kappa shape index (κ2) is 76.7. The van der Waals surface area contributed by atoms with Gasteiger partial charge in [0.25, 0.3) is 0 Å². The lowest BCUT2D eigenvalue weighted by Crippen LogP contribution is -2.24. The number of ether oxygens (including phenoxy) is 4. The lowest BCUT2D eigenvalue weighted by atomic mass is 9.95. The van der Waals surface area contributed by atoms with Crippen molar-refractivity contribution < 1.29 is 38.1 Å². The molecule has 0 aliphatic carbocycles. The second-order valence-corrected chi connectivity index (χ2v) is 30.5. The molecule has 98 heavy (non-hydrogen) atoms. The van der Waals surface area contributed by atoms with E-state index in [0.29, 0.717) is 25.7 Å². The van der Waals surface area contributed by atoms with Gasteiger partial charge in [-0.25, -0.2) is 19.2 Å². The normalized spacial score (nSPS) is 11.5. The SMILES string of the molecule is CCCCCCCCCCCCCCCCCCCCOC(=O)c1ccc(C(=O)OCCCCCCCCCCCCCCCCCCCC)c(C(=O)OCCCCCCCCCCCCCCCCCCCC)c1C(=O)OCCCCCCCCCCCCCCCCCCCC.